The Hall–Kier alpha value is -0.520. The zero-order valence-corrected chi connectivity index (χ0v) is 38.4. The molecule has 294 valence electrons. The SMILES string of the molecule is O=C(OC12CC3CC(C1)CC(C(=O)Oc1cc(C45CC6CC(CC(C6)C4)C5)c(S(=O)(=O)O)c(C45CC6CC(CC(C6)C4)C5)c1)(C3)C2)c1cc(I)cc(I)c1I. The molecule has 2 aromatic carbocycles. The van der Waals surface area contributed by atoms with Gasteiger partial charge in [0.2, 0.25) is 0 Å². The van der Waals surface area contributed by atoms with Gasteiger partial charge in [0.15, 0.2) is 0 Å². The first kappa shape index (κ1) is 37.5. The number of benzene rings is 2. The zero-order chi connectivity index (χ0) is 37.9. The molecule has 2 aromatic rings. The molecule has 2 unspecified atom stereocenters. The maximum absolute atomic E-state index is 15.0. The minimum Gasteiger partial charge on any atom is -0.455 e. The summed E-state index contributed by atoms with van der Waals surface area (Å²) in [6.45, 7) is 0. The highest BCUT2D eigenvalue weighted by Gasteiger charge is 2.64. The second-order valence-corrected chi connectivity index (χ2v) is 25.5. The molecule has 0 aromatic heterocycles. The number of esters is 2. The van der Waals surface area contributed by atoms with Crippen molar-refractivity contribution in [3.63, 3.8) is 0 Å². The summed E-state index contributed by atoms with van der Waals surface area (Å²) in [6, 6.07) is 7.75. The summed E-state index contributed by atoms with van der Waals surface area (Å²) in [5.41, 5.74) is -0.0747. The van der Waals surface area contributed by atoms with Crippen LogP contribution in [0.4, 0.5) is 0 Å². The van der Waals surface area contributed by atoms with E-state index in [2.05, 4.69) is 73.8 Å². The van der Waals surface area contributed by atoms with Crippen LogP contribution in [0.25, 0.3) is 0 Å². The number of rotatable bonds is 7. The van der Waals surface area contributed by atoms with Crippen LogP contribution >= 0.6 is 67.8 Å². The van der Waals surface area contributed by atoms with Gasteiger partial charge in [-0.25, -0.2) is 4.79 Å². The summed E-state index contributed by atoms with van der Waals surface area (Å²) in [4.78, 5) is 29.1. The molecule has 14 rings (SSSR count). The van der Waals surface area contributed by atoms with Crippen molar-refractivity contribution in [2.45, 2.75) is 137 Å². The van der Waals surface area contributed by atoms with Gasteiger partial charge < -0.3 is 9.47 Å². The lowest BCUT2D eigenvalue weighted by atomic mass is 9.46. The van der Waals surface area contributed by atoms with Crippen LogP contribution in [0, 0.1) is 63.5 Å². The summed E-state index contributed by atoms with van der Waals surface area (Å²) < 4.78 is 55.3. The first-order chi connectivity index (χ1) is 26.1. The third-order valence-electron chi connectivity index (χ3n) is 16.7. The highest BCUT2D eigenvalue weighted by Crippen LogP contribution is 2.67. The van der Waals surface area contributed by atoms with E-state index in [1.54, 1.807) is 0 Å². The Kier molecular flexibility index (Phi) is 8.69. The molecule has 12 aliphatic rings. The average Bonchev–Trinajstić information content (AvgIpc) is 3.07. The maximum Gasteiger partial charge on any atom is 0.339 e. The predicted molar refractivity (Wildman–Crippen MR) is 231 cm³/mol. The van der Waals surface area contributed by atoms with Gasteiger partial charge >= 0.3 is 11.9 Å². The fourth-order valence-corrected chi connectivity index (χ4v) is 19.8. The molecular formula is C44H49I3O7S. The van der Waals surface area contributed by atoms with Crippen molar-refractivity contribution in [3.8, 4) is 5.75 Å². The van der Waals surface area contributed by atoms with Gasteiger partial charge in [-0.1, -0.05) is 0 Å². The first-order valence-electron chi connectivity index (χ1n) is 20.9. The highest BCUT2D eigenvalue weighted by molar-refractivity contribution is 14.1. The molecule has 11 heteroatoms. The van der Waals surface area contributed by atoms with Crippen LogP contribution in [-0.4, -0.2) is 30.5 Å². The minimum absolute atomic E-state index is 0.164. The first-order valence-corrected chi connectivity index (χ1v) is 25.5. The standard InChI is InChI=1S/C44H49I3O7S/c45-31-8-33(37(47)36(46)9-31)39(48)54-44-20-29-7-30(21-44)19-43(18-29,22-44)40(49)53-32-10-34(41-12-23-1-24(13-41)3-25(2-23)14-41)38(55(50,51)52)35(11-32)42-15-26-4-27(16-42)6-28(5-26)17-42/h8-11,23-30H,1-7,12-22H2,(H,50,51,52). The van der Waals surface area contributed by atoms with Crippen molar-refractivity contribution < 1.29 is 32.0 Å². The smallest absolute Gasteiger partial charge is 0.339 e. The Bertz CT molecular complexity index is 2000. The molecule has 1 N–H and O–H groups in total. The van der Waals surface area contributed by atoms with E-state index in [1.165, 1.54) is 38.5 Å². The Labute approximate surface area is 365 Å². The lowest BCUT2D eigenvalue weighted by Gasteiger charge is -2.60. The van der Waals surface area contributed by atoms with Crippen LogP contribution < -0.4 is 4.74 Å². The zero-order valence-electron chi connectivity index (χ0n) is 31.1. The second kappa shape index (κ2) is 12.8. The lowest BCUT2D eigenvalue weighted by molar-refractivity contribution is -0.189. The van der Waals surface area contributed by atoms with Crippen molar-refractivity contribution in [2.24, 2.45) is 52.8 Å². The number of hydrogen-bond donors (Lipinski definition) is 1. The Morgan fingerprint density at radius 2 is 1.09 bits per heavy atom. The lowest BCUT2D eigenvalue weighted by Crippen LogP contribution is -2.60. The average molecular weight is 1100 g/mol. The van der Waals surface area contributed by atoms with Crippen LogP contribution in [0.3, 0.4) is 0 Å². The van der Waals surface area contributed by atoms with Crippen molar-refractivity contribution in [1.29, 1.82) is 0 Å². The normalized spacial score (nSPS) is 42.9. The van der Waals surface area contributed by atoms with E-state index in [4.69, 9.17) is 9.47 Å². The van der Waals surface area contributed by atoms with E-state index < -0.39 is 21.1 Å². The Morgan fingerprint density at radius 1 is 0.636 bits per heavy atom. The van der Waals surface area contributed by atoms with E-state index >= 15 is 0 Å². The van der Waals surface area contributed by atoms with Crippen molar-refractivity contribution >= 4 is 89.8 Å². The largest absolute Gasteiger partial charge is 0.455 e. The van der Waals surface area contributed by atoms with Gasteiger partial charge in [-0.3, -0.25) is 9.35 Å². The molecule has 0 radical (unpaired) electrons. The van der Waals surface area contributed by atoms with Gasteiger partial charge in [-0.2, -0.15) is 8.42 Å². The number of carbonyl (C=O) groups is 2. The molecule has 7 nitrogen and oxygen atoms in total. The molecule has 0 spiro atoms. The summed E-state index contributed by atoms with van der Waals surface area (Å²) in [6.07, 6.45) is 17.5. The number of ether oxygens (including phenoxy) is 2. The van der Waals surface area contributed by atoms with Crippen LogP contribution in [0.2, 0.25) is 0 Å². The maximum atomic E-state index is 15.0. The van der Waals surface area contributed by atoms with Crippen molar-refractivity contribution in [2.75, 3.05) is 0 Å². The molecule has 0 saturated heterocycles. The molecule has 0 heterocycles. The molecule has 2 atom stereocenters. The van der Waals surface area contributed by atoms with Gasteiger partial charge in [-0.05, 0) is 270 Å². The molecule has 12 bridgehead atoms. The summed E-state index contributed by atoms with van der Waals surface area (Å²) in [5, 5.41) is 0. The molecule has 0 amide bonds. The summed E-state index contributed by atoms with van der Waals surface area (Å²) in [7, 11) is -4.58. The Balaban J connectivity index is 0.985. The molecule has 0 aliphatic heterocycles. The monoisotopic (exact) mass is 1100 g/mol. The quantitative estimate of drug-likeness (QED) is 0.0968. The van der Waals surface area contributed by atoms with Crippen LogP contribution in [0.15, 0.2) is 29.2 Å². The third-order valence-corrected chi connectivity index (χ3v) is 21.3. The van der Waals surface area contributed by atoms with E-state index in [9.17, 15) is 22.6 Å². The van der Waals surface area contributed by atoms with Gasteiger partial charge in [0.1, 0.15) is 16.2 Å². The predicted octanol–water partition coefficient (Wildman–Crippen LogP) is 10.8. The highest BCUT2D eigenvalue weighted by atomic mass is 127. The number of hydrogen-bond acceptors (Lipinski definition) is 6. The van der Waals surface area contributed by atoms with Crippen LogP contribution in [0.1, 0.15) is 137 Å². The minimum atomic E-state index is -4.58. The van der Waals surface area contributed by atoms with Crippen molar-refractivity contribution in [1.82, 2.24) is 0 Å². The van der Waals surface area contributed by atoms with E-state index in [-0.39, 0.29) is 39.5 Å². The van der Waals surface area contributed by atoms with Gasteiger partial charge in [0.25, 0.3) is 10.1 Å². The van der Waals surface area contributed by atoms with E-state index in [0.717, 1.165) is 92.5 Å². The Morgan fingerprint density at radius 3 is 1.55 bits per heavy atom. The summed E-state index contributed by atoms with van der Waals surface area (Å²) >= 11 is 6.75. The van der Waals surface area contributed by atoms with Gasteiger partial charge in [0.05, 0.1) is 11.0 Å². The van der Waals surface area contributed by atoms with Gasteiger partial charge in [-0.15, -0.1) is 0 Å². The molecule has 12 fully saturated rings. The topological polar surface area (TPSA) is 107 Å². The van der Waals surface area contributed by atoms with E-state index in [0.29, 0.717) is 53.2 Å². The molecule has 55 heavy (non-hydrogen) atoms. The van der Waals surface area contributed by atoms with Crippen molar-refractivity contribution in [3.05, 3.63) is 51.7 Å². The fourth-order valence-electron chi connectivity index (χ4n) is 16.3. The van der Waals surface area contributed by atoms with E-state index in [1.807, 2.05) is 18.2 Å². The fraction of sp³-hybridized carbons (Fsp3) is 0.682. The molecule has 12 aliphatic carbocycles. The second-order valence-electron chi connectivity index (χ2n) is 20.7. The third kappa shape index (κ3) is 6.10. The summed E-state index contributed by atoms with van der Waals surface area (Å²) in [5.74, 6) is 3.90. The number of halogens is 3. The van der Waals surface area contributed by atoms with Crippen LogP contribution in [-0.2, 0) is 30.5 Å². The molecular weight excluding hydrogens is 1050 g/mol. The number of carbonyl (C=O) groups excluding carboxylic acids is 2. The van der Waals surface area contributed by atoms with Gasteiger partial charge in [0, 0.05) is 17.1 Å². The van der Waals surface area contributed by atoms with Crippen LogP contribution in [0.5, 0.6) is 5.75 Å². The molecule has 12 saturated carbocycles.